The van der Waals surface area contributed by atoms with Gasteiger partial charge in [0.1, 0.15) is 0 Å². The summed E-state index contributed by atoms with van der Waals surface area (Å²) in [5, 5.41) is 5.43. The summed E-state index contributed by atoms with van der Waals surface area (Å²) in [5.74, 6) is 0. The first kappa shape index (κ1) is 12.8. The number of rotatable bonds is 4. The van der Waals surface area contributed by atoms with Crippen molar-refractivity contribution in [3.05, 3.63) is 60.2 Å². The lowest BCUT2D eigenvalue weighted by atomic mass is 10.1. The lowest BCUT2D eigenvalue weighted by Crippen LogP contribution is -2.19. The Morgan fingerprint density at radius 2 is 1.47 bits per heavy atom. The van der Waals surface area contributed by atoms with E-state index in [-0.39, 0.29) is 12.5 Å². The van der Waals surface area contributed by atoms with E-state index in [2.05, 4.69) is 10.6 Å². The van der Waals surface area contributed by atoms with Gasteiger partial charge in [-0.3, -0.25) is 4.79 Å². The summed E-state index contributed by atoms with van der Waals surface area (Å²) in [6.45, 7) is 0. The van der Waals surface area contributed by atoms with Crippen molar-refractivity contribution in [1.82, 2.24) is 0 Å². The first-order valence-electron chi connectivity index (χ1n) is 5.85. The number of nitrogens with one attached hydrogen (secondary N) is 2. The number of carbonyl (C=O) groups excluding carboxylic acids is 2. The van der Waals surface area contributed by atoms with Crippen LogP contribution in [0, 0.1) is 0 Å². The second-order valence-electron chi connectivity index (χ2n) is 3.96. The third kappa shape index (κ3) is 3.96. The molecule has 0 spiro atoms. The predicted octanol–water partition coefficient (Wildman–Crippen LogP) is 2.98. The predicted molar refractivity (Wildman–Crippen MR) is 74.9 cm³/mol. The maximum Gasteiger partial charge on any atom is 0.323 e. The fourth-order valence-electron chi connectivity index (χ4n) is 1.60. The minimum Gasteiger partial charge on any atom is -0.308 e. The fourth-order valence-corrected chi connectivity index (χ4v) is 1.60. The van der Waals surface area contributed by atoms with Crippen molar-refractivity contribution in [2.24, 2.45) is 0 Å². The second kappa shape index (κ2) is 6.35. The van der Waals surface area contributed by atoms with Gasteiger partial charge in [-0.25, -0.2) is 4.79 Å². The Morgan fingerprint density at radius 3 is 2.05 bits per heavy atom. The van der Waals surface area contributed by atoms with Crippen molar-refractivity contribution in [2.75, 3.05) is 10.6 Å². The second-order valence-corrected chi connectivity index (χ2v) is 3.96. The Kier molecular flexibility index (Phi) is 4.29. The quantitative estimate of drug-likeness (QED) is 0.880. The molecule has 2 aromatic carbocycles. The SMILES string of the molecule is O=[C]Cc1ccc(NC(=O)Nc2ccccc2)cc1. The van der Waals surface area contributed by atoms with E-state index in [0.29, 0.717) is 5.69 Å². The van der Waals surface area contributed by atoms with Crippen molar-refractivity contribution < 1.29 is 9.59 Å². The Morgan fingerprint density at radius 1 is 0.895 bits per heavy atom. The highest BCUT2D eigenvalue weighted by molar-refractivity contribution is 5.99. The molecule has 95 valence electrons. The molecule has 4 heteroatoms. The van der Waals surface area contributed by atoms with Crippen LogP contribution in [0.25, 0.3) is 0 Å². The highest BCUT2D eigenvalue weighted by Gasteiger charge is 2.02. The van der Waals surface area contributed by atoms with E-state index < -0.39 is 0 Å². The summed E-state index contributed by atoms with van der Waals surface area (Å²) in [7, 11) is 0. The topological polar surface area (TPSA) is 58.2 Å². The molecule has 2 amide bonds. The molecule has 2 N–H and O–H groups in total. The van der Waals surface area contributed by atoms with Crippen LogP contribution < -0.4 is 10.6 Å². The molecule has 2 aromatic rings. The number of urea groups is 1. The van der Waals surface area contributed by atoms with Crippen LogP contribution in [0.15, 0.2) is 54.6 Å². The van der Waals surface area contributed by atoms with E-state index in [0.717, 1.165) is 11.3 Å². The van der Waals surface area contributed by atoms with Crippen LogP contribution in [0.4, 0.5) is 16.2 Å². The average Bonchev–Trinajstić information content (AvgIpc) is 2.42. The van der Waals surface area contributed by atoms with Gasteiger partial charge in [0.05, 0.1) is 0 Å². The summed E-state index contributed by atoms with van der Waals surface area (Å²) in [4.78, 5) is 21.9. The van der Waals surface area contributed by atoms with Crippen LogP contribution in [0.1, 0.15) is 5.56 Å². The first-order valence-corrected chi connectivity index (χ1v) is 5.85. The Hall–Kier alpha value is -2.62. The third-order valence-corrected chi connectivity index (χ3v) is 2.52. The molecule has 0 aliphatic rings. The summed E-state index contributed by atoms with van der Waals surface area (Å²) in [5.41, 5.74) is 2.26. The molecule has 0 atom stereocenters. The highest BCUT2D eigenvalue weighted by Crippen LogP contribution is 2.11. The molecule has 0 bridgehead atoms. The Balaban J connectivity index is 1.93. The zero-order chi connectivity index (χ0) is 13.5. The van der Waals surface area contributed by atoms with E-state index in [1.54, 1.807) is 24.3 Å². The van der Waals surface area contributed by atoms with Gasteiger partial charge in [-0.2, -0.15) is 0 Å². The standard InChI is InChI=1S/C15H13N2O2/c18-11-10-12-6-8-14(9-7-12)17-15(19)16-13-4-2-1-3-5-13/h1-9H,10H2,(H2,16,17,19). The number of hydrogen-bond acceptors (Lipinski definition) is 2. The number of anilines is 2. The number of para-hydroxylation sites is 1. The van der Waals surface area contributed by atoms with E-state index in [1.807, 2.05) is 36.6 Å². The van der Waals surface area contributed by atoms with Gasteiger partial charge in [0.2, 0.25) is 6.29 Å². The van der Waals surface area contributed by atoms with E-state index in [4.69, 9.17) is 0 Å². The van der Waals surface area contributed by atoms with Gasteiger partial charge >= 0.3 is 6.03 Å². The molecule has 0 fully saturated rings. The minimum atomic E-state index is -0.305. The molecule has 19 heavy (non-hydrogen) atoms. The normalized spacial score (nSPS) is 9.68. The molecule has 0 heterocycles. The summed E-state index contributed by atoms with van der Waals surface area (Å²) in [6, 6.07) is 15.9. The molecule has 0 saturated carbocycles. The summed E-state index contributed by atoms with van der Waals surface area (Å²) >= 11 is 0. The van der Waals surface area contributed by atoms with Crippen molar-refractivity contribution >= 4 is 23.7 Å². The molecule has 1 radical (unpaired) electrons. The molecule has 0 aliphatic heterocycles. The molecular formula is C15H13N2O2. The van der Waals surface area contributed by atoms with Crippen molar-refractivity contribution in [3.63, 3.8) is 0 Å². The van der Waals surface area contributed by atoms with Gasteiger partial charge in [0.15, 0.2) is 0 Å². The van der Waals surface area contributed by atoms with Gasteiger partial charge in [-0.15, -0.1) is 0 Å². The Bertz CT molecular complexity index is 550. The van der Waals surface area contributed by atoms with Gasteiger partial charge in [0, 0.05) is 17.8 Å². The molecular weight excluding hydrogens is 240 g/mol. The third-order valence-electron chi connectivity index (χ3n) is 2.52. The largest absolute Gasteiger partial charge is 0.323 e. The Labute approximate surface area is 111 Å². The van der Waals surface area contributed by atoms with Crippen molar-refractivity contribution in [1.29, 1.82) is 0 Å². The lowest BCUT2D eigenvalue weighted by Gasteiger charge is -2.07. The van der Waals surface area contributed by atoms with Crippen LogP contribution >= 0.6 is 0 Å². The van der Waals surface area contributed by atoms with E-state index in [1.165, 1.54) is 0 Å². The van der Waals surface area contributed by atoms with Gasteiger partial charge < -0.3 is 10.6 Å². The minimum absolute atomic E-state index is 0.260. The average molecular weight is 253 g/mol. The zero-order valence-electron chi connectivity index (χ0n) is 10.2. The van der Waals surface area contributed by atoms with Crippen LogP contribution in [-0.4, -0.2) is 12.3 Å². The fraction of sp³-hybridized carbons (Fsp3) is 0.0667. The molecule has 0 aromatic heterocycles. The number of benzene rings is 2. The van der Waals surface area contributed by atoms with Crippen LogP contribution in [0.5, 0.6) is 0 Å². The number of carbonyl (C=O) groups is 1. The van der Waals surface area contributed by atoms with Crippen LogP contribution in [0.2, 0.25) is 0 Å². The van der Waals surface area contributed by atoms with Crippen LogP contribution in [-0.2, 0) is 11.2 Å². The molecule has 0 unspecified atom stereocenters. The van der Waals surface area contributed by atoms with E-state index in [9.17, 15) is 9.59 Å². The lowest BCUT2D eigenvalue weighted by molar-refractivity contribution is 0.262. The number of amides is 2. The number of hydrogen-bond donors (Lipinski definition) is 2. The summed E-state index contributed by atoms with van der Waals surface area (Å²) in [6.07, 6.45) is 2.09. The molecule has 2 rings (SSSR count). The first-order chi connectivity index (χ1) is 9.28. The highest BCUT2D eigenvalue weighted by atomic mass is 16.2. The van der Waals surface area contributed by atoms with E-state index >= 15 is 0 Å². The smallest absolute Gasteiger partial charge is 0.308 e. The molecule has 4 nitrogen and oxygen atoms in total. The monoisotopic (exact) mass is 253 g/mol. The van der Waals surface area contributed by atoms with Crippen LogP contribution in [0.3, 0.4) is 0 Å². The summed E-state index contributed by atoms with van der Waals surface area (Å²) < 4.78 is 0. The van der Waals surface area contributed by atoms with Crippen molar-refractivity contribution in [3.8, 4) is 0 Å². The van der Waals surface area contributed by atoms with Gasteiger partial charge in [-0.1, -0.05) is 30.3 Å². The maximum absolute atomic E-state index is 11.7. The van der Waals surface area contributed by atoms with Crippen molar-refractivity contribution in [2.45, 2.75) is 6.42 Å². The van der Waals surface area contributed by atoms with Gasteiger partial charge in [-0.05, 0) is 29.8 Å². The maximum atomic E-state index is 11.7. The zero-order valence-corrected chi connectivity index (χ0v) is 10.2. The molecule has 0 saturated heterocycles. The molecule has 0 aliphatic carbocycles. The van der Waals surface area contributed by atoms with Gasteiger partial charge in [0.25, 0.3) is 0 Å².